The van der Waals surface area contributed by atoms with Crippen LogP contribution in [0.4, 0.5) is 11.4 Å². The number of aliphatic imine (C=N–C) groups is 1. The maximum absolute atomic E-state index is 6.02. The molecule has 4 nitrogen and oxygen atoms in total. The van der Waals surface area contributed by atoms with Gasteiger partial charge in [0.25, 0.3) is 0 Å². The normalized spacial score (nSPS) is 15.0. The van der Waals surface area contributed by atoms with Crippen LogP contribution in [0.25, 0.3) is 0 Å². The topological polar surface area (TPSA) is 44.9 Å². The van der Waals surface area contributed by atoms with Crippen LogP contribution < -0.4 is 15.5 Å². The number of hydrogen-bond acceptors (Lipinski definition) is 3. The van der Waals surface area contributed by atoms with E-state index in [1.807, 2.05) is 0 Å². The first-order chi connectivity index (χ1) is 11.8. The van der Waals surface area contributed by atoms with Gasteiger partial charge in [0.15, 0.2) is 0 Å². The summed E-state index contributed by atoms with van der Waals surface area (Å²) in [7, 11) is 0. The van der Waals surface area contributed by atoms with Crippen molar-refractivity contribution in [2.24, 2.45) is 10.7 Å². The maximum Gasteiger partial charge on any atom is 0.125 e. The molecule has 5 heteroatoms. The summed E-state index contributed by atoms with van der Waals surface area (Å²) in [6, 6.07) is 19.1. The largest absolute Gasteiger partial charge is 0.384 e. The van der Waals surface area contributed by atoms with Gasteiger partial charge in [0.05, 0.1) is 0 Å². The second-order valence-electron chi connectivity index (χ2n) is 6.12. The van der Waals surface area contributed by atoms with Crippen molar-refractivity contribution in [3.8, 4) is 0 Å². The number of anilines is 2. The first-order valence-electron chi connectivity index (χ1n) is 8.73. The van der Waals surface area contributed by atoms with E-state index in [4.69, 9.17) is 5.73 Å². The zero-order chi connectivity index (χ0) is 16.8. The Morgan fingerprint density at radius 1 is 0.880 bits per heavy atom. The number of nitrogens with zero attached hydrogens (tertiary/aromatic N) is 3. The minimum atomic E-state index is 0. The third kappa shape index (κ3) is 4.89. The molecule has 1 aliphatic rings. The number of hydrogen-bond donors (Lipinski definition) is 1. The number of benzene rings is 2. The van der Waals surface area contributed by atoms with Crippen LogP contribution in [0.2, 0.25) is 0 Å². The quantitative estimate of drug-likeness (QED) is 0.656. The summed E-state index contributed by atoms with van der Waals surface area (Å²) in [5.74, 6) is 0.636. The van der Waals surface area contributed by atoms with Crippen molar-refractivity contribution < 1.29 is 0 Å². The minimum absolute atomic E-state index is 0. The summed E-state index contributed by atoms with van der Waals surface area (Å²) in [6.45, 7) is 7.06. The molecule has 1 fully saturated rings. The maximum atomic E-state index is 6.02. The predicted octanol–water partition coefficient (Wildman–Crippen LogP) is 3.55. The molecule has 0 amide bonds. The molecule has 0 unspecified atom stereocenters. The molecule has 1 aliphatic heterocycles. The Labute approximate surface area is 156 Å². The molecular formula is C20H27ClN4. The van der Waals surface area contributed by atoms with Gasteiger partial charge in [0.1, 0.15) is 5.84 Å². The molecule has 1 heterocycles. The monoisotopic (exact) mass is 358 g/mol. The summed E-state index contributed by atoms with van der Waals surface area (Å²) in [5.41, 5.74) is 9.60. The summed E-state index contributed by atoms with van der Waals surface area (Å²) in [4.78, 5) is 9.25. The molecule has 0 aliphatic carbocycles. The molecule has 25 heavy (non-hydrogen) atoms. The first-order valence-corrected chi connectivity index (χ1v) is 8.73. The third-order valence-electron chi connectivity index (χ3n) is 4.43. The Kier molecular flexibility index (Phi) is 7.14. The van der Waals surface area contributed by atoms with Crippen LogP contribution in [0.15, 0.2) is 59.6 Å². The predicted molar refractivity (Wildman–Crippen MR) is 110 cm³/mol. The van der Waals surface area contributed by atoms with Gasteiger partial charge in [-0.25, -0.2) is 0 Å². The summed E-state index contributed by atoms with van der Waals surface area (Å²) in [6.07, 6.45) is 1.02. The van der Waals surface area contributed by atoms with Crippen molar-refractivity contribution in [3.63, 3.8) is 0 Å². The van der Waals surface area contributed by atoms with Gasteiger partial charge < -0.3 is 15.5 Å². The van der Waals surface area contributed by atoms with E-state index in [-0.39, 0.29) is 12.4 Å². The number of rotatable bonds is 5. The summed E-state index contributed by atoms with van der Waals surface area (Å²) >= 11 is 0. The highest BCUT2D eigenvalue weighted by molar-refractivity contribution is 5.97. The second-order valence-corrected chi connectivity index (χ2v) is 6.12. The van der Waals surface area contributed by atoms with Gasteiger partial charge in [-0.3, -0.25) is 4.99 Å². The van der Waals surface area contributed by atoms with E-state index in [0.717, 1.165) is 44.7 Å². The number of nitrogens with two attached hydrogens (primary N) is 1. The zero-order valence-electron chi connectivity index (χ0n) is 14.8. The van der Waals surface area contributed by atoms with E-state index in [2.05, 4.69) is 76.3 Å². The lowest BCUT2D eigenvalue weighted by molar-refractivity contribution is 0.653. The van der Waals surface area contributed by atoms with Crippen molar-refractivity contribution in [1.29, 1.82) is 0 Å². The van der Waals surface area contributed by atoms with E-state index in [9.17, 15) is 0 Å². The van der Waals surface area contributed by atoms with Gasteiger partial charge in [0.2, 0.25) is 0 Å². The molecule has 0 atom stereocenters. The van der Waals surface area contributed by atoms with Crippen molar-refractivity contribution >= 4 is 29.6 Å². The highest BCUT2D eigenvalue weighted by Crippen LogP contribution is 2.20. The second kappa shape index (κ2) is 9.33. The SMILES string of the molecule is CCCN=C(N)c1ccc(N2CCN(c3ccccc3)CC2)cc1.Cl. The molecule has 3 rings (SSSR count). The molecular weight excluding hydrogens is 332 g/mol. The van der Waals surface area contributed by atoms with E-state index < -0.39 is 0 Å². The van der Waals surface area contributed by atoms with E-state index >= 15 is 0 Å². The number of halogens is 1. The van der Waals surface area contributed by atoms with E-state index in [0.29, 0.717) is 5.84 Å². The fourth-order valence-electron chi connectivity index (χ4n) is 3.03. The molecule has 2 N–H and O–H groups in total. The third-order valence-corrected chi connectivity index (χ3v) is 4.43. The zero-order valence-corrected chi connectivity index (χ0v) is 15.6. The lowest BCUT2D eigenvalue weighted by Crippen LogP contribution is -2.46. The molecule has 1 saturated heterocycles. The molecule has 2 aromatic carbocycles. The Hall–Kier alpha value is -2.20. The van der Waals surface area contributed by atoms with Gasteiger partial charge >= 0.3 is 0 Å². The Morgan fingerprint density at radius 3 is 1.92 bits per heavy atom. The van der Waals surface area contributed by atoms with Crippen LogP contribution in [0, 0.1) is 0 Å². The minimum Gasteiger partial charge on any atom is -0.384 e. The van der Waals surface area contributed by atoms with Gasteiger partial charge in [-0.2, -0.15) is 0 Å². The molecule has 0 saturated carbocycles. The highest BCUT2D eigenvalue weighted by atomic mass is 35.5. The molecule has 0 aromatic heterocycles. The fourth-order valence-corrected chi connectivity index (χ4v) is 3.03. The van der Waals surface area contributed by atoms with Crippen molar-refractivity contribution in [2.45, 2.75) is 13.3 Å². The van der Waals surface area contributed by atoms with Crippen molar-refractivity contribution in [1.82, 2.24) is 0 Å². The highest BCUT2D eigenvalue weighted by Gasteiger charge is 2.17. The van der Waals surface area contributed by atoms with Gasteiger partial charge in [0, 0.05) is 49.7 Å². The molecule has 0 radical (unpaired) electrons. The van der Waals surface area contributed by atoms with Crippen LogP contribution in [0.5, 0.6) is 0 Å². The smallest absolute Gasteiger partial charge is 0.125 e. The van der Waals surface area contributed by atoms with Crippen LogP contribution in [-0.2, 0) is 0 Å². The van der Waals surface area contributed by atoms with Crippen LogP contribution >= 0.6 is 12.4 Å². The molecule has 0 bridgehead atoms. The van der Waals surface area contributed by atoms with Gasteiger partial charge in [-0.15, -0.1) is 12.4 Å². The van der Waals surface area contributed by atoms with Crippen LogP contribution in [0.1, 0.15) is 18.9 Å². The first kappa shape index (κ1) is 19.1. The lowest BCUT2D eigenvalue weighted by atomic mass is 10.1. The number of para-hydroxylation sites is 1. The molecule has 134 valence electrons. The molecule has 2 aromatic rings. The van der Waals surface area contributed by atoms with Gasteiger partial charge in [-0.1, -0.05) is 25.1 Å². The number of piperazine rings is 1. The Bertz CT molecular complexity index is 662. The summed E-state index contributed by atoms with van der Waals surface area (Å²) in [5, 5.41) is 0. The Morgan fingerprint density at radius 2 is 1.40 bits per heavy atom. The molecule has 0 spiro atoms. The van der Waals surface area contributed by atoms with Gasteiger partial charge in [-0.05, 0) is 42.8 Å². The average Bonchev–Trinajstić information content (AvgIpc) is 2.67. The van der Waals surface area contributed by atoms with Crippen molar-refractivity contribution in [2.75, 3.05) is 42.5 Å². The van der Waals surface area contributed by atoms with E-state index in [1.165, 1.54) is 11.4 Å². The standard InChI is InChI=1S/C20H26N4.ClH/c1-2-12-22-20(21)17-8-10-19(11-9-17)24-15-13-23(14-16-24)18-6-4-3-5-7-18;/h3-11H,2,12-16H2,1H3,(H2,21,22);1H. The fraction of sp³-hybridized carbons (Fsp3) is 0.350. The average molecular weight is 359 g/mol. The van der Waals surface area contributed by atoms with Crippen LogP contribution in [-0.4, -0.2) is 38.6 Å². The van der Waals surface area contributed by atoms with Crippen molar-refractivity contribution in [3.05, 3.63) is 60.2 Å². The van der Waals surface area contributed by atoms with E-state index in [1.54, 1.807) is 0 Å². The Balaban J connectivity index is 0.00000225. The lowest BCUT2D eigenvalue weighted by Gasteiger charge is -2.37. The summed E-state index contributed by atoms with van der Waals surface area (Å²) < 4.78 is 0. The van der Waals surface area contributed by atoms with Crippen LogP contribution in [0.3, 0.4) is 0 Å². The number of amidine groups is 1.